The van der Waals surface area contributed by atoms with Crippen molar-refractivity contribution in [3.05, 3.63) is 65.7 Å². The quantitative estimate of drug-likeness (QED) is 0.770. The van der Waals surface area contributed by atoms with E-state index in [0.29, 0.717) is 17.7 Å². The number of hydrogen-bond acceptors (Lipinski definition) is 3. The standard InChI is InChI=1S/C19H20N2O2/c1-2-20(15-9-4-3-5-10-15)13-8-14-21-18(22)16-11-6-7-12-17(16)19(21)23/h3-7,9-12H,2,8,13-14H2,1H3. The molecule has 0 atom stereocenters. The highest BCUT2D eigenvalue weighted by Gasteiger charge is 2.34. The molecule has 23 heavy (non-hydrogen) atoms. The summed E-state index contributed by atoms with van der Waals surface area (Å²) in [6.45, 7) is 4.27. The van der Waals surface area contributed by atoms with Crippen LogP contribution in [0.3, 0.4) is 0 Å². The summed E-state index contributed by atoms with van der Waals surface area (Å²) in [7, 11) is 0. The molecule has 2 aromatic carbocycles. The fourth-order valence-electron chi connectivity index (χ4n) is 2.97. The van der Waals surface area contributed by atoms with Crippen molar-refractivity contribution in [3.8, 4) is 0 Å². The number of fused-ring (bicyclic) bond motifs is 1. The highest BCUT2D eigenvalue weighted by Crippen LogP contribution is 2.22. The van der Waals surface area contributed by atoms with Crippen molar-refractivity contribution < 1.29 is 9.59 Å². The van der Waals surface area contributed by atoms with Gasteiger partial charge in [0.25, 0.3) is 11.8 Å². The van der Waals surface area contributed by atoms with Crippen LogP contribution < -0.4 is 4.90 Å². The van der Waals surface area contributed by atoms with Crippen molar-refractivity contribution in [2.75, 3.05) is 24.5 Å². The molecular weight excluding hydrogens is 288 g/mol. The summed E-state index contributed by atoms with van der Waals surface area (Å²) in [6.07, 6.45) is 0.758. The lowest BCUT2D eigenvalue weighted by Gasteiger charge is -2.24. The van der Waals surface area contributed by atoms with Crippen LogP contribution in [0.4, 0.5) is 5.69 Å². The van der Waals surface area contributed by atoms with Crippen LogP contribution >= 0.6 is 0 Å². The number of carbonyl (C=O) groups excluding carboxylic acids is 2. The van der Waals surface area contributed by atoms with Crippen molar-refractivity contribution in [1.82, 2.24) is 4.90 Å². The van der Waals surface area contributed by atoms with Crippen LogP contribution in [0.1, 0.15) is 34.1 Å². The largest absolute Gasteiger partial charge is 0.372 e. The average Bonchev–Trinajstić information content (AvgIpc) is 2.84. The second-order valence-electron chi connectivity index (χ2n) is 5.58. The number of carbonyl (C=O) groups is 2. The van der Waals surface area contributed by atoms with Gasteiger partial charge in [0.15, 0.2) is 0 Å². The van der Waals surface area contributed by atoms with E-state index in [9.17, 15) is 9.59 Å². The molecule has 1 aliphatic rings. The Balaban J connectivity index is 1.61. The minimum atomic E-state index is -0.173. The van der Waals surface area contributed by atoms with Gasteiger partial charge in [-0.2, -0.15) is 0 Å². The Hall–Kier alpha value is -2.62. The first kappa shape index (κ1) is 15.3. The van der Waals surface area contributed by atoms with Gasteiger partial charge in [-0.1, -0.05) is 30.3 Å². The summed E-state index contributed by atoms with van der Waals surface area (Å²) in [6, 6.07) is 17.2. The summed E-state index contributed by atoms with van der Waals surface area (Å²) >= 11 is 0. The molecule has 0 fully saturated rings. The number of para-hydroxylation sites is 1. The van der Waals surface area contributed by atoms with E-state index in [-0.39, 0.29) is 11.8 Å². The van der Waals surface area contributed by atoms with E-state index in [1.54, 1.807) is 24.3 Å². The molecule has 0 radical (unpaired) electrons. The Morgan fingerprint density at radius 3 is 2.00 bits per heavy atom. The third kappa shape index (κ3) is 2.97. The Kier molecular flexibility index (Phi) is 4.42. The van der Waals surface area contributed by atoms with Crippen molar-refractivity contribution in [2.24, 2.45) is 0 Å². The van der Waals surface area contributed by atoms with Gasteiger partial charge in [0.1, 0.15) is 0 Å². The second kappa shape index (κ2) is 6.65. The zero-order valence-corrected chi connectivity index (χ0v) is 13.2. The SMILES string of the molecule is CCN(CCCN1C(=O)c2ccccc2C1=O)c1ccccc1. The maximum atomic E-state index is 12.3. The zero-order valence-electron chi connectivity index (χ0n) is 13.2. The van der Waals surface area contributed by atoms with Gasteiger partial charge < -0.3 is 4.90 Å². The number of rotatable bonds is 6. The van der Waals surface area contributed by atoms with E-state index in [2.05, 4.69) is 24.0 Å². The number of amides is 2. The predicted octanol–water partition coefficient (Wildman–Crippen LogP) is 3.20. The van der Waals surface area contributed by atoms with Crippen LogP contribution in [-0.4, -0.2) is 36.3 Å². The molecule has 3 rings (SSSR count). The van der Waals surface area contributed by atoms with Gasteiger partial charge in [0.2, 0.25) is 0 Å². The predicted molar refractivity (Wildman–Crippen MR) is 90.8 cm³/mol. The molecule has 0 aliphatic carbocycles. The zero-order chi connectivity index (χ0) is 16.2. The molecule has 1 aliphatic heterocycles. The van der Waals surface area contributed by atoms with E-state index in [1.807, 2.05) is 18.2 Å². The maximum Gasteiger partial charge on any atom is 0.261 e. The second-order valence-corrected chi connectivity index (χ2v) is 5.58. The maximum absolute atomic E-state index is 12.3. The minimum absolute atomic E-state index is 0.173. The number of nitrogens with zero attached hydrogens (tertiary/aromatic N) is 2. The van der Waals surface area contributed by atoms with Gasteiger partial charge in [0, 0.05) is 25.3 Å². The normalized spacial score (nSPS) is 13.3. The van der Waals surface area contributed by atoms with Gasteiger partial charge in [-0.25, -0.2) is 0 Å². The lowest BCUT2D eigenvalue weighted by Crippen LogP contribution is -2.33. The number of anilines is 1. The smallest absolute Gasteiger partial charge is 0.261 e. The summed E-state index contributed by atoms with van der Waals surface area (Å²) in [5, 5.41) is 0. The van der Waals surface area contributed by atoms with Gasteiger partial charge in [0.05, 0.1) is 11.1 Å². The lowest BCUT2D eigenvalue weighted by atomic mass is 10.1. The summed E-state index contributed by atoms with van der Waals surface area (Å²) in [5.74, 6) is -0.346. The van der Waals surface area contributed by atoms with Crippen molar-refractivity contribution in [2.45, 2.75) is 13.3 Å². The Bertz CT molecular complexity index is 677. The summed E-state index contributed by atoms with van der Waals surface area (Å²) in [4.78, 5) is 28.2. The summed E-state index contributed by atoms with van der Waals surface area (Å²) in [5.41, 5.74) is 2.21. The molecule has 4 nitrogen and oxygen atoms in total. The third-order valence-corrected chi connectivity index (χ3v) is 4.19. The molecule has 2 aromatic rings. The van der Waals surface area contributed by atoms with E-state index in [4.69, 9.17) is 0 Å². The topological polar surface area (TPSA) is 40.6 Å². The molecule has 0 unspecified atom stereocenters. The van der Waals surface area contributed by atoms with Gasteiger partial charge >= 0.3 is 0 Å². The Morgan fingerprint density at radius 2 is 1.43 bits per heavy atom. The highest BCUT2D eigenvalue weighted by molar-refractivity contribution is 6.21. The number of hydrogen-bond donors (Lipinski definition) is 0. The lowest BCUT2D eigenvalue weighted by molar-refractivity contribution is 0.0653. The van der Waals surface area contributed by atoms with Gasteiger partial charge in [-0.15, -0.1) is 0 Å². The Morgan fingerprint density at radius 1 is 0.870 bits per heavy atom. The fraction of sp³-hybridized carbons (Fsp3) is 0.263. The van der Waals surface area contributed by atoms with Crippen LogP contribution in [0.5, 0.6) is 0 Å². The molecule has 1 heterocycles. The van der Waals surface area contributed by atoms with E-state index >= 15 is 0 Å². The molecular formula is C19H20N2O2. The molecule has 0 spiro atoms. The van der Waals surface area contributed by atoms with Gasteiger partial charge in [-0.3, -0.25) is 14.5 Å². The molecule has 4 heteroatoms. The van der Waals surface area contributed by atoms with Crippen molar-refractivity contribution >= 4 is 17.5 Å². The minimum Gasteiger partial charge on any atom is -0.372 e. The molecule has 2 amide bonds. The van der Waals surface area contributed by atoms with E-state index in [0.717, 1.165) is 25.2 Å². The third-order valence-electron chi connectivity index (χ3n) is 4.19. The highest BCUT2D eigenvalue weighted by atomic mass is 16.2. The first-order valence-corrected chi connectivity index (χ1v) is 7.97. The van der Waals surface area contributed by atoms with Crippen molar-refractivity contribution in [1.29, 1.82) is 0 Å². The average molecular weight is 308 g/mol. The number of imide groups is 1. The molecule has 0 bridgehead atoms. The summed E-state index contributed by atoms with van der Waals surface area (Å²) < 4.78 is 0. The van der Waals surface area contributed by atoms with Crippen LogP contribution in [0.15, 0.2) is 54.6 Å². The monoisotopic (exact) mass is 308 g/mol. The van der Waals surface area contributed by atoms with Crippen LogP contribution in [0.25, 0.3) is 0 Å². The first-order chi connectivity index (χ1) is 11.2. The molecule has 0 aromatic heterocycles. The Labute approximate surface area is 136 Å². The van der Waals surface area contributed by atoms with Crippen LogP contribution in [0, 0.1) is 0 Å². The first-order valence-electron chi connectivity index (χ1n) is 7.97. The molecule has 0 N–H and O–H groups in total. The fourth-order valence-corrected chi connectivity index (χ4v) is 2.97. The number of benzene rings is 2. The molecule has 118 valence electrons. The van der Waals surface area contributed by atoms with Crippen LogP contribution in [-0.2, 0) is 0 Å². The van der Waals surface area contributed by atoms with Crippen LogP contribution in [0.2, 0.25) is 0 Å². The van der Waals surface area contributed by atoms with Crippen molar-refractivity contribution in [3.63, 3.8) is 0 Å². The van der Waals surface area contributed by atoms with E-state index < -0.39 is 0 Å². The van der Waals surface area contributed by atoms with E-state index in [1.165, 1.54) is 4.90 Å². The van der Waals surface area contributed by atoms with Gasteiger partial charge in [-0.05, 0) is 37.6 Å². The molecule has 0 saturated heterocycles. The molecule has 0 saturated carbocycles.